The second kappa shape index (κ2) is 5.06. The normalized spacial score (nSPS) is 26.7. The molecule has 2 aliphatic rings. The summed E-state index contributed by atoms with van der Waals surface area (Å²) < 4.78 is 11.1. The topological polar surface area (TPSA) is 56.5 Å². The molecule has 3 N–H and O–H groups in total. The van der Waals surface area contributed by atoms with Crippen LogP contribution in [-0.4, -0.2) is 25.3 Å². The van der Waals surface area contributed by atoms with E-state index in [2.05, 4.69) is 5.32 Å². The number of rotatable bonds is 2. The molecule has 4 nitrogen and oxygen atoms in total. The molecule has 98 valence electrons. The first-order valence-corrected chi connectivity index (χ1v) is 6.75. The Hall–Kier alpha value is -1.42. The summed E-state index contributed by atoms with van der Waals surface area (Å²) in [4.78, 5) is 0. The van der Waals surface area contributed by atoms with Gasteiger partial charge in [0, 0.05) is 23.8 Å². The smallest absolute Gasteiger partial charge is 0.163 e. The zero-order chi connectivity index (χ0) is 12.4. The van der Waals surface area contributed by atoms with Crippen LogP contribution >= 0.6 is 0 Å². The molecule has 18 heavy (non-hydrogen) atoms. The molecule has 2 atom stereocenters. The second-order valence-electron chi connectivity index (χ2n) is 5.06. The van der Waals surface area contributed by atoms with Crippen molar-refractivity contribution < 1.29 is 9.47 Å². The van der Waals surface area contributed by atoms with Crippen molar-refractivity contribution in [3.05, 3.63) is 18.2 Å². The van der Waals surface area contributed by atoms with Crippen molar-refractivity contribution in [3.8, 4) is 11.5 Å². The van der Waals surface area contributed by atoms with E-state index in [1.165, 1.54) is 12.8 Å². The third-order valence-corrected chi connectivity index (χ3v) is 3.71. The molecule has 1 fully saturated rings. The molecule has 0 saturated heterocycles. The van der Waals surface area contributed by atoms with Crippen molar-refractivity contribution >= 4 is 5.69 Å². The van der Waals surface area contributed by atoms with Crippen LogP contribution in [0.2, 0.25) is 0 Å². The number of hydrogen-bond acceptors (Lipinski definition) is 4. The average molecular weight is 248 g/mol. The van der Waals surface area contributed by atoms with E-state index in [1.54, 1.807) is 0 Å². The second-order valence-corrected chi connectivity index (χ2v) is 5.06. The maximum atomic E-state index is 6.15. The average Bonchev–Trinajstić information content (AvgIpc) is 2.41. The summed E-state index contributed by atoms with van der Waals surface area (Å²) in [6.45, 7) is 1.26. The zero-order valence-electron chi connectivity index (χ0n) is 10.5. The fourth-order valence-corrected chi connectivity index (χ4v) is 2.69. The molecule has 1 saturated carbocycles. The largest absolute Gasteiger partial charge is 0.486 e. The van der Waals surface area contributed by atoms with Crippen LogP contribution in [0, 0.1) is 0 Å². The van der Waals surface area contributed by atoms with Crippen molar-refractivity contribution in [1.29, 1.82) is 0 Å². The molecule has 4 heteroatoms. The molecule has 0 amide bonds. The van der Waals surface area contributed by atoms with Gasteiger partial charge < -0.3 is 20.5 Å². The minimum absolute atomic E-state index is 0.256. The molecule has 0 bridgehead atoms. The Bertz CT molecular complexity index is 422. The van der Waals surface area contributed by atoms with Crippen LogP contribution < -0.4 is 20.5 Å². The highest BCUT2D eigenvalue weighted by Crippen LogP contribution is 2.33. The monoisotopic (exact) mass is 248 g/mol. The fourth-order valence-electron chi connectivity index (χ4n) is 2.69. The van der Waals surface area contributed by atoms with Gasteiger partial charge in [0.25, 0.3) is 0 Å². The van der Waals surface area contributed by atoms with Gasteiger partial charge in [0.2, 0.25) is 0 Å². The van der Waals surface area contributed by atoms with E-state index >= 15 is 0 Å². The third-order valence-electron chi connectivity index (χ3n) is 3.71. The number of hydrogen-bond donors (Lipinski definition) is 2. The van der Waals surface area contributed by atoms with Gasteiger partial charge in [0.1, 0.15) is 13.2 Å². The lowest BCUT2D eigenvalue weighted by molar-refractivity contribution is 0.171. The van der Waals surface area contributed by atoms with Gasteiger partial charge >= 0.3 is 0 Å². The van der Waals surface area contributed by atoms with Crippen molar-refractivity contribution in [1.82, 2.24) is 0 Å². The van der Waals surface area contributed by atoms with E-state index in [4.69, 9.17) is 15.2 Å². The molecule has 1 aromatic rings. The number of nitrogens with one attached hydrogen (secondary N) is 1. The fraction of sp³-hybridized carbons (Fsp3) is 0.571. The Kier molecular flexibility index (Phi) is 3.28. The third kappa shape index (κ3) is 2.38. The number of ether oxygens (including phenoxy) is 2. The van der Waals surface area contributed by atoms with Gasteiger partial charge in [-0.3, -0.25) is 0 Å². The van der Waals surface area contributed by atoms with Gasteiger partial charge in [-0.2, -0.15) is 0 Å². The summed E-state index contributed by atoms with van der Waals surface area (Å²) in [5.74, 6) is 1.66. The van der Waals surface area contributed by atoms with E-state index < -0.39 is 0 Å². The molecule has 0 aromatic heterocycles. The summed E-state index contributed by atoms with van der Waals surface area (Å²) in [6.07, 6.45) is 4.77. The Morgan fingerprint density at radius 3 is 2.67 bits per heavy atom. The number of nitrogens with two attached hydrogens (primary N) is 1. The van der Waals surface area contributed by atoms with Crippen molar-refractivity contribution in [2.75, 3.05) is 18.5 Å². The van der Waals surface area contributed by atoms with E-state index in [-0.39, 0.29) is 6.04 Å². The molecular formula is C14H20N2O2. The first-order valence-electron chi connectivity index (χ1n) is 6.75. The molecule has 1 heterocycles. The Labute approximate surface area is 107 Å². The van der Waals surface area contributed by atoms with E-state index in [0.29, 0.717) is 19.3 Å². The van der Waals surface area contributed by atoms with E-state index in [0.717, 1.165) is 30.0 Å². The Balaban J connectivity index is 1.72. The van der Waals surface area contributed by atoms with Crippen LogP contribution in [0.5, 0.6) is 11.5 Å². The summed E-state index contributed by atoms with van der Waals surface area (Å²) in [5.41, 5.74) is 7.22. The van der Waals surface area contributed by atoms with E-state index in [9.17, 15) is 0 Å². The van der Waals surface area contributed by atoms with Gasteiger partial charge in [-0.25, -0.2) is 0 Å². The molecule has 0 radical (unpaired) electrons. The highest BCUT2D eigenvalue weighted by molar-refractivity contribution is 5.55. The predicted molar refractivity (Wildman–Crippen MR) is 71.3 cm³/mol. The molecule has 1 aliphatic heterocycles. The van der Waals surface area contributed by atoms with Gasteiger partial charge in [-0.15, -0.1) is 0 Å². The molecule has 0 spiro atoms. The van der Waals surface area contributed by atoms with Crippen LogP contribution in [0.3, 0.4) is 0 Å². The Morgan fingerprint density at radius 1 is 1.06 bits per heavy atom. The minimum Gasteiger partial charge on any atom is -0.486 e. The molecule has 3 rings (SSSR count). The standard InChI is InChI=1S/C14H20N2O2/c15-11-3-1-2-4-12(11)16-10-5-6-13-14(9-10)18-8-7-17-13/h5-6,9,11-12,16H,1-4,7-8,15H2. The lowest BCUT2D eigenvalue weighted by atomic mass is 9.91. The highest BCUT2D eigenvalue weighted by atomic mass is 16.6. The maximum absolute atomic E-state index is 6.15. The summed E-state index contributed by atoms with van der Waals surface area (Å²) in [5, 5.41) is 3.52. The van der Waals surface area contributed by atoms with Crippen LogP contribution in [0.15, 0.2) is 18.2 Å². The first-order chi connectivity index (χ1) is 8.83. The van der Waals surface area contributed by atoms with Gasteiger partial charge in [-0.1, -0.05) is 12.8 Å². The van der Waals surface area contributed by atoms with E-state index in [1.807, 2.05) is 18.2 Å². The zero-order valence-corrected chi connectivity index (χ0v) is 10.5. The summed E-state index contributed by atoms with van der Waals surface area (Å²) in [7, 11) is 0. The van der Waals surface area contributed by atoms with Crippen LogP contribution in [0.25, 0.3) is 0 Å². The van der Waals surface area contributed by atoms with Crippen molar-refractivity contribution in [2.45, 2.75) is 37.8 Å². The predicted octanol–water partition coefficient (Wildman–Crippen LogP) is 2.14. The molecule has 1 aliphatic carbocycles. The highest BCUT2D eigenvalue weighted by Gasteiger charge is 2.22. The van der Waals surface area contributed by atoms with Crippen molar-refractivity contribution in [2.24, 2.45) is 5.73 Å². The SMILES string of the molecule is NC1CCCCC1Nc1ccc2c(c1)OCCO2. The van der Waals surface area contributed by atoms with Crippen molar-refractivity contribution in [3.63, 3.8) is 0 Å². The lowest BCUT2D eigenvalue weighted by Gasteiger charge is -2.30. The molecule has 2 unspecified atom stereocenters. The van der Waals surface area contributed by atoms with Crippen LogP contribution in [-0.2, 0) is 0 Å². The van der Waals surface area contributed by atoms with Crippen LogP contribution in [0.4, 0.5) is 5.69 Å². The molecular weight excluding hydrogens is 228 g/mol. The van der Waals surface area contributed by atoms with Gasteiger partial charge in [0.05, 0.1) is 0 Å². The number of fused-ring (bicyclic) bond motifs is 1. The quantitative estimate of drug-likeness (QED) is 0.842. The number of anilines is 1. The molecule has 1 aromatic carbocycles. The number of benzene rings is 1. The van der Waals surface area contributed by atoms with Gasteiger partial charge in [-0.05, 0) is 25.0 Å². The lowest BCUT2D eigenvalue weighted by Crippen LogP contribution is -2.42. The summed E-state index contributed by atoms with van der Waals surface area (Å²) in [6, 6.07) is 6.64. The minimum atomic E-state index is 0.256. The first kappa shape index (κ1) is 11.7. The van der Waals surface area contributed by atoms with Gasteiger partial charge in [0.15, 0.2) is 11.5 Å². The maximum Gasteiger partial charge on any atom is 0.163 e. The van der Waals surface area contributed by atoms with Crippen LogP contribution in [0.1, 0.15) is 25.7 Å². The Morgan fingerprint density at radius 2 is 1.83 bits per heavy atom. The summed E-state index contributed by atoms with van der Waals surface area (Å²) >= 11 is 0.